The smallest absolute Gasteiger partial charge is 0.344 e. The van der Waals surface area contributed by atoms with Crippen molar-refractivity contribution in [1.82, 2.24) is 9.97 Å². The van der Waals surface area contributed by atoms with Crippen molar-refractivity contribution in [2.75, 3.05) is 14.2 Å². The maximum atomic E-state index is 11.5. The Bertz CT molecular complexity index is 555. The number of hydrogen-bond acceptors (Lipinski definition) is 5. The van der Waals surface area contributed by atoms with Crippen LogP contribution >= 0.6 is 0 Å². The van der Waals surface area contributed by atoms with Crippen LogP contribution in [0, 0.1) is 0 Å². The number of hydrogen-bond donors (Lipinski definition) is 0. The van der Waals surface area contributed by atoms with Crippen LogP contribution in [0.25, 0.3) is 11.4 Å². The highest BCUT2D eigenvalue weighted by atomic mass is 16.5. The number of carbonyl (C=O) groups is 1. The molecule has 18 heavy (non-hydrogen) atoms. The molecule has 0 radical (unpaired) electrons. The number of rotatable bonds is 3. The average Bonchev–Trinajstić information content (AvgIpc) is 2.46. The minimum Gasteiger partial charge on any atom is -0.480 e. The molecular weight excluding hydrogens is 232 g/mol. The lowest BCUT2D eigenvalue weighted by Crippen LogP contribution is -2.07. The van der Waals surface area contributed by atoms with Gasteiger partial charge in [0.2, 0.25) is 5.88 Å². The van der Waals surface area contributed by atoms with E-state index < -0.39 is 5.97 Å². The highest BCUT2D eigenvalue weighted by Gasteiger charge is 2.16. The molecule has 1 aromatic heterocycles. The van der Waals surface area contributed by atoms with Crippen LogP contribution in [0.15, 0.2) is 36.5 Å². The summed E-state index contributed by atoms with van der Waals surface area (Å²) in [6.45, 7) is 0. The van der Waals surface area contributed by atoms with E-state index >= 15 is 0 Å². The fraction of sp³-hybridized carbons (Fsp3) is 0.154. The lowest BCUT2D eigenvalue weighted by Gasteiger charge is -2.07. The summed E-state index contributed by atoms with van der Waals surface area (Å²) in [7, 11) is 2.75. The standard InChI is InChI=1S/C13H12N2O3/c1-17-12-10(13(16)18-2)8-14-11(15-12)9-6-4-3-5-7-9/h3-8H,1-2H3. The molecule has 92 valence electrons. The number of carbonyl (C=O) groups excluding carboxylic acids is 1. The molecule has 0 N–H and O–H groups in total. The van der Waals surface area contributed by atoms with E-state index in [9.17, 15) is 4.79 Å². The van der Waals surface area contributed by atoms with E-state index in [-0.39, 0.29) is 11.4 Å². The number of methoxy groups -OCH3 is 2. The number of benzene rings is 1. The molecule has 0 saturated carbocycles. The predicted octanol–water partition coefficient (Wildman–Crippen LogP) is 1.94. The molecule has 0 aliphatic heterocycles. The van der Waals surface area contributed by atoms with Gasteiger partial charge in [-0.15, -0.1) is 0 Å². The van der Waals surface area contributed by atoms with Crippen LogP contribution in [0.5, 0.6) is 5.88 Å². The van der Waals surface area contributed by atoms with Gasteiger partial charge in [-0.2, -0.15) is 4.98 Å². The van der Waals surface area contributed by atoms with E-state index in [1.165, 1.54) is 20.4 Å². The van der Waals surface area contributed by atoms with Gasteiger partial charge in [-0.1, -0.05) is 30.3 Å². The minimum atomic E-state index is -0.522. The SMILES string of the molecule is COC(=O)c1cnc(-c2ccccc2)nc1OC. The van der Waals surface area contributed by atoms with Crippen LogP contribution in [0.3, 0.4) is 0 Å². The Kier molecular flexibility index (Phi) is 3.52. The van der Waals surface area contributed by atoms with E-state index in [2.05, 4.69) is 14.7 Å². The van der Waals surface area contributed by atoms with Gasteiger partial charge in [0.15, 0.2) is 5.82 Å². The summed E-state index contributed by atoms with van der Waals surface area (Å²) in [5, 5.41) is 0. The van der Waals surface area contributed by atoms with Crippen molar-refractivity contribution in [3.05, 3.63) is 42.1 Å². The first-order valence-corrected chi connectivity index (χ1v) is 5.31. The molecule has 0 aliphatic carbocycles. The van der Waals surface area contributed by atoms with Crippen molar-refractivity contribution in [2.24, 2.45) is 0 Å². The molecule has 1 heterocycles. The van der Waals surface area contributed by atoms with E-state index in [1.807, 2.05) is 30.3 Å². The van der Waals surface area contributed by atoms with Gasteiger partial charge in [-0.05, 0) is 0 Å². The fourth-order valence-electron chi connectivity index (χ4n) is 1.50. The molecule has 1 aromatic carbocycles. The summed E-state index contributed by atoms with van der Waals surface area (Å²) in [5.74, 6) is 0.183. The first-order chi connectivity index (χ1) is 8.76. The highest BCUT2D eigenvalue weighted by molar-refractivity contribution is 5.91. The quantitative estimate of drug-likeness (QED) is 0.772. The minimum absolute atomic E-state index is 0.204. The largest absolute Gasteiger partial charge is 0.480 e. The lowest BCUT2D eigenvalue weighted by molar-refractivity contribution is 0.0595. The van der Waals surface area contributed by atoms with Crippen molar-refractivity contribution in [2.45, 2.75) is 0 Å². The highest BCUT2D eigenvalue weighted by Crippen LogP contribution is 2.20. The van der Waals surface area contributed by atoms with Crippen molar-refractivity contribution in [1.29, 1.82) is 0 Å². The van der Waals surface area contributed by atoms with Crippen LogP contribution in [0.2, 0.25) is 0 Å². The fourth-order valence-corrected chi connectivity index (χ4v) is 1.50. The zero-order chi connectivity index (χ0) is 13.0. The Labute approximate surface area is 104 Å². The van der Waals surface area contributed by atoms with E-state index in [4.69, 9.17) is 4.74 Å². The number of nitrogens with zero attached hydrogens (tertiary/aromatic N) is 2. The van der Waals surface area contributed by atoms with Gasteiger partial charge in [-0.25, -0.2) is 9.78 Å². The molecule has 0 spiro atoms. The summed E-state index contributed by atoms with van der Waals surface area (Å²) in [6.07, 6.45) is 1.40. The molecule has 0 saturated heterocycles. The molecule has 0 bridgehead atoms. The Morgan fingerprint density at radius 1 is 1.17 bits per heavy atom. The lowest BCUT2D eigenvalue weighted by atomic mass is 10.2. The number of esters is 1. The third-order valence-electron chi connectivity index (χ3n) is 2.38. The molecule has 2 aromatic rings. The number of aromatic nitrogens is 2. The Morgan fingerprint density at radius 2 is 1.89 bits per heavy atom. The molecule has 0 amide bonds. The van der Waals surface area contributed by atoms with E-state index in [0.717, 1.165) is 5.56 Å². The molecule has 0 unspecified atom stereocenters. The first-order valence-electron chi connectivity index (χ1n) is 5.31. The maximum absolute atomic E-state index is 11.5. The normalized spacial score (nSPS) is 9.89. The Hall–Kier alpha value is -2.43. The van der Waals surface area contributed by atoms with Gasteiger partial charge in [-0.3, -0.25) is 0 Å². The molecule has 5 heteroatoms. The molecule has 2 rings (SSSR count). The monoisotopic (exact) mass is 244 g/mol. The summed E-state index contributed by atoms with van der Waals surface area (Å²) >= 11 is 0. The first kappa shape index (κ1) is 12.0. The van der Waals surface area contributed by atoms with Crippen LogP contribution in [-0.2, 0) is 4.74 Å². The predicted molar refractivity (Wildman–Crippen MR) is 65.4 cm³/mol. The third kappa shape index (κ3) is 2.29. The van der Waals surface area contributed by atoms with Crippen LogP contribution < -0.4 is 4.74 Å². The van der Waals surface area contributed by atoms with Crippen molar-refractivity contribution in [3.63, 3.8) is 0 Å². The van der Waals surface area contributed by atoms with E-state index in [1.54, 1.807) is 0 Å². The zero-order valence-electron chi connectivity index (χ0n) is 10.1. The second-order valence-corrected chi connectivity index (χ2v) is 3.47. The summed E-state index contributed by atoms with van der Waals surface area (Å²) < 4.78 is 9.70. The summed E-state index contributed by atoms with van der Waals surface area (Å²) in [5.41, 5.74) is 1.06. The van der Waals surface area contributed by atoms with Gasteiger partial charge in [0, 0.05) is 11.8 Å². The molecule has 0 fully saturated rings. The Balaban J connectivity index is 2.45. The van der Waals surface area contributed by atoms with Gasteiger partial charge in [0.25, 0.3) is 0 Å². The molecule has 5 nitrogen and oxygen atoms in total. The molecular formula is C13H12N2O3. The number of ether oxygens (including phenoxy) is 2. The average molecular weight is 244 g/mol. The van der Waals surface area contributed by atoms with Crippen molar-refractivity contribution < 1.29 is 14.3 Å². The second kappa shape index (κ2) is 5.27. The molecule has 0 atom stereocenters. The zero-order valence-corrected chi connectivity index (χ0v) is 10.1. The Morgan fingerprint density at radius 3 is 2.50 bits per heavy atom. The van der Waals surface area contributed by atoms with Crippen LogP contribution in [0.1, 0.15) is 10.4 Å². The van der Waals surface area contributed by atoms with Crippen molar-refractivity contribution in [3.8, 4) is 17.3 Å². The summed E-state index contributed by atoms with van der Waals surface area (Å²) in [4.78, 5) is 19.8. The topological polar surface area (TPSA) is 61.3 Å². The third-order valence-corrected chi connectivity index (χ3v) is 2.38. The van der Waals surface area contributed by atoms with Crippen molar-refractivity contribution >= 4 is 5.97 Å². The van der Waals surface area contributed by atoms with Gasteiger partial charge >= 0.3 is 5.97 Å². The molecule has 0 aliphatic rings. The summed E-state index contributed by atoms with van der Waals surface area (Å²) in [6, 6.07) is 9.45. The van der Waals surface area contributed by atoms with Gasteiger partial charge < -0.3 is 9.47 Å². The van der Waals surface area contributed by atoms with Gasteiger partial charge in [0.1, 0.15) is 5.56 Å². The van der Waals surface area contributed by atoms with Crippen LogP contribution in [-0.4, -0.2) is 30.2 Å². The van der Waals surface area contributed by atoms with Crippen LogP contribution in [0.4, 0.5) is 0 Å². The second-order valence-electron chi connectivity index (χ2n) is 3.47. The maximum Gasteiger partial charge on any atom is 0.344 e. The van der Waals surface area contributed by atoms with Gasteiger partial charge in [0.05, 0.1) is 14.2 Å². The van der Waals surface area contributed by atoms with E-state index in [0.29, 0.717) is 5.82 Å².